The van der Waals surface area contributed by atoms with Gasteiger partial charge in [-0.1, -0.05) is 35.5 Å². The molecule has 3 rings (SSSR count). The van der Waals surface area contributed by atoms with Crippen molar-refractivity contribution in [1.29, 1.82) is 0 Å². The maximum Gasteiger partial charge on any atom is 0.271 e. The van der Waals surface area contributed by atoms with E-state index >= 15 is 0 Å². The van der Waals surface area contributed by atoms with Gasteiger partial charge in [-0.15, -0.1) is 11.3 Å². The number of rotatable bonds is 6. The van der Waals surface area contributed by atoms with Crippen molar-refractivity contribution in [3.8, 4) is 27.0 Å². The van der Waals surface area contributed by atoms with E-state index < -0.39 is 0 Å². The summed E-state index contributed by atoms with van der Waals surface area (Å²) in [6.45, 7) is 2.08. The van der Waals surface area contributed by atoms with Gasteiger partial charge < -0.3 is 14.6 Å². The average molecular weight is 329 g/mol. The van der Waals surface area contributed by atoms with Crippen LogP contribution < -0.4 is 10.1 Å². The molecule has 2 heterocycles. The van der Waals surface area contributed by atoms with Crippen LogP contribution in [-0.4, -0.2) is 30.3 Å². The maximum absolute atomic E-state index is 5.48. The van der Waals surface area contributed by atoms with Crippen LogP contribution in [0.1, 0.15) is 12.7 Å². The number of nitrogens with one attached hydrogen (secondary N) is 1. The molecule has 1 N–H and O–H groups in total. The largest absolute Gasteiger partial charge is 0.495 e. The molecule has 3 aromatic rings. The quantitative estimate of drug-likeness (QED) is 0.748. The van der Waals surface area contributed by atoms with E-state index in [4.69, 9.17) is 9.26 Å². The summed E-state index contributed by atoms with van der Waals surface area (Å²) < 4.78 is 10.9. The van der Waals surface area contributed by atoms with Gasteiger partial charge in [0.1, 0.15) is 10.6 Å². The molecule has 120 valence electrons. The highest BCUT2D eigenvalue weighted by molar-refractivity contribution is 7.19. The third kappa shape index (κ3) is 3.43. The summed E-state index contributed by atoms with van der Waals surface area (Å²) in [5.74, 6) is 1.96. The predicted molar refractivity (Wildman–Crippen MR) is 91.8 cm³/mol. The van der Waals surface area contributed by atoms with Crippen LogP contribution in [0.3, 0.4) is 0 Å². The summed E-state index contributed by atoms with van der Waals surface area (Å²) >= 11 is 1.59. The van der Waals surface area contributed by atoms with Crippen LogP contribution in [0.4, 0.5) is 0 Å². The zero-order valence-corrected chi connectivity index (χ0v) is 14.2. The highest BCUT2D eigenvalue weighted by Crippen LogP contribution is 2.42. The van der Waals surface area contributed by atoms with E-state index in [0.717, 1.165) is 27.5 Å². The van der Waals surface area contributed by atoms with Crippen LogP contribution >= 0.6 is 11.3 Å². The van der Waals surface area contributed by atoms with Gasteiger partial charge in [0.15, 0.2) is 5.82 Å². The Balaban J connectivity index is 1.92. The first-order valence-electron chi connectivity index (χ1n) is 7.44. The Bertz CT molecular complexity index is 767. The van der Waals surface area contributed by atoms with Gasteiger partial charge >= 0.3 is 0 Å². The summed E-state index contributed by atoms with van der Waals surface area (Å²) in [7, 11) is 3.57. The molecule has 5 nitrogen and oxygen atoms in total. The van der Waals surface area contributed by atoms with Crippen molar-refractivity contribution < 1.29 is 9.26 Å². The molecule has 0 aliphatic rings. The molecule has 0 saturated heterocycles. The number of ether oxygens (including phenoxy) is 1. The van der Waals surface area contributed by atoms with E-state index in [1.807, 2.05) is 31.3 Å². The molecule has 6 heteroatoms. The van der Waals surface area contributed by atoms with Gasteiger partial charge in [-0.3, -0.25) is 0 Å². The molecule has 0 saturated carbocycles. The van der Waals surface area contributed by atoms with E-state index in [1.54, 1.807) is 18.4 Å². The highest BCUT2D eigenvalue weighted by Gasteiger charge is 2.19. The minimum atomic E-state index is 0.297. The second kappa shape index (κ2) is 6.93. The molecular formula is C17H19N3O2S. The number of aromatic nitrogens is 2. The first kappa shape index (κ1) is 15.7. The normalized spacial score (nSPS) is 12.3. The van der Waals surface area contributed by atoms with Crippen molar-refractivity contribution in [2.75, 3.05) is 14.2 Å². The van der Waals surface area contributed by atoms with Crippen molar-refractivity contribution in [2.24, 2.45) is 0 Å². The Kier molecular flexibility index (Phi) is 4.73. The summed E-state index contributed by atoms with van der Waals surface area (Å²) in [4.78, 5) is 6.47. The summed E-state index contributed by atoms with van der Waals surface area (Å²) in [5, 5.41) is 7.23. The average Bonchev–Trinajstić information content (AvgIpc) is 3.21. The van der Waals surface area contributed by atoms with Crippen molar-refractivity contribution >= 4 is 11.3 Å². The Hall–Kier alpha value is -2.18. The SMILES string of the molecule is CNC(C)Cc1noc(-c2sc(-c3ccccc3)cc2OC)n1. The number of methoxy groups -OCH3 is 1. The number of nitrogens with zero attached hydrogens (tertiary/aromatic N) is 2. The van der Waals surface area contributed by atoms with Crippen molar-refractivity contribution in [3.05, 3.63) is 42.2 Å². The number of thiophene rings is 1. The Labute approximate surface area is 139 Å². The second-order valence-corrected chi connectivity index (χ2v) is 6.34. The number of hydrogen-bond acceptors (Lipinski definition) is 6. The molecule has 0 bridgehead atoms. The number of benzene rings is 1. The molecule has 0 amide bonds. The summed E-state index contributed by atoms with van der Waals surface area (Å²) in [5.41, 5.74) is 1.14. The van der Waals surface area contributed by atoms with Gasteiger partial charge in [-0.2, -0.15) is 4.98 Å². The zero-order valence-electron chi connectivity index (χ0n) is 13.4. The molecule has 0 aliphatic heterocycles. The van der Waals surface area contributed by atoms with Gasteiger partial charge in [-0.25, -0.2) is 0 Å². The molecule has 0 fully saturated rings. The molecule has 0 radical (unpaired) electrons. The molecule has 1 atom stereocenters. The minimum Gasteiger partial charge on any atom is -0.495 e. The van der Waals surface area contributed by atoms with Crippen LogP contribution in [0.15, 0.2) is 40.9 Å². The maximum atomic E-state index is 5.48. The predicted octanol–water partition coefficient (Wildman–Crippen LogP) is 3.62. The molecule has 1 unspecified atom stereocenters. The fraction of sp³-hybridized carbons (Fsp3) is 0.294. The molecule has 0 spiro atoms. The number of hydrogen-bond donors (Lipinski definition) is 1. The van der Waals surface area contributed by atoms with Crippen LogP contribution in [0.2, 0.25) is 0 Å². The lowest BCUT2D eigenvalue weighted by Crippen LogP contribution is -2.24. The highest BCUT2D eigenvalue weighted by atomic mass is 32.1. The minimum absolute atomic E-state index is 0.297. The first-order chi connectivity index (χ1) is 11.2. The smallest absolute Gasteiger partial charge is 0.271 e. The molecular weight excluding hydrogens is 310 g/mol. The lowest BCUT2D eigenvalue weighted by Gasteiger charge is -2.04. The fourth-order valence-electron chi connectivity index (χ4n) is 2.22. The van der Waals surface area contributed by atoms with Gasteiger partial charge in [0.25, 0.3) is 5.89 Å². The molecule has 1 aromatic carbocycles. The molecule has 2 aromatic heterocycles. The lowest BCUT2D eigenvalue weighted by molar-refractivity contribution is 0.403. The van der Waals surface area contributed by atoms with Crippen LogP contribution in [0, 0.1) is 0 Å². The standard InChI is InChI=1S/C17H19N3O2S/c1-11(18-2)9-15-19-17(22-20-15)16-13(21-3)10-14(23-16)12-7-5-4-6-8-12/h4-8,10-11,18H,9H2,1-3H3. The van der Waals surface area contributed by atoms with Gasteiger partial charge in [-0.05, 0) is 25.6 Å². The fourth-order valence-corrected chi connectivity index (χ4v) is 3.28. The van der Waals surface area contributed by atoms with Crippen LogP contribution in [0.25, 0.3) is 21.2 Å². The Morgan fingerprint density at radius 1 is 1.30 bits per heavy atom. The number of likely N-dealkylation sites (N-methyl/N-ethyl adjacent to an activating group) is 1. The third-order valence-electron chi connectivity index (χ3n) is 3.62. The van der Waals surface area contributed by atoms with Crippen molar-refractivity contribution in [2.45, 2.75) is 19.4 Å². The van der Waals surface area contributed by atoms with Crippen molar-refractivity contribution in [3.63, 3.8) is 0 Å². The third-order valence-corrected chi connectivity index (χ3v) is 4.77. The van der Waals surface area contributed by atoms with E-state index in [0.29, 0.717) is 17.8 Å². The van der Waals surface area contributed by atoms with Gasteiger partial charge in [0.05, 0.1) is 7.11 Å². The van der Waals surface area contributed by atoms with Crippen LogP contribution in [-0.2, 0) is 6.42 Å². The Morgan fingerprint density at radius 2 is 2.09 bits per heavy atom. The van der Waals surface area contributed by atoms with Crippen molar-refractivity contribution in [1.82, 2.24) is 15.5 Å². The Morgan fingerprint density at radius 3 is 2.78 bits per heavy atom. The van der Waals surface area contributed by atoms with Gasteiger partial charge in [0, 0.05) is 17.3 Å². The van der Waals surface area contributed by atoms with E-state index in [2.05, 4.69) is 34.5 Å². The van der Waals surface area contributed by atoms with Gasteiger partial charge in [0.2, 0.25) is 0 Å². The van der Waals surface area contributed by atoms with E-state index in [-0.39, 0.29) is 0 Å². The topological polar surface area (TPSA) is 60.2 Å². The molecule has 23 heavy (non-hydrogen) atoms. The lowest BCUT2D eigenvalue weighted by atomic mass is 10.2. The summed E-state index contributed by atoms with van der Waals surface area (Å²) in [6.07, 6.45) is 0.721. The summed E-state index contributed by atoms with van der Waals surface area (Å²) in [6, 6.07) is 12.5. The first-order valence-corrected chi connectivity index (χ1v) is 8.26. The zero-order chi connectivity index (χ0) is 16.2. The van der Waals surface area contributed by atoms with E-state index in [1.165, 1.54) is 0 Å². The molecule has 0 aliphatic carbocycles. The second-order valence-electron chi connectivity index (χ2n) is 5.28. The monoisotopic (exact) mass is 329 g/mol. The van der Waals surface area contributed by atoms with E-state index in [9.17, 15) is 0 Å². The van der Waals surface area contributed by atoms with Crippen LogP contribution in [0.5, 0.6) is 5.75 Å².